The fourth-order valence-electron chi connectivity index (χ4n) is 9.86. The molecule has 2 heteroatoms. The standard InChI is InChI=1S/C57H36N2/c1-3-16-39(17-4-1)54-36-55(40-18-5-2-6-19-40)59-56(58-54)41-30-28-38(29-31-41)48-35-53-49(34-47(48)43-32-27-37-15-7-8-20-42(37)33-43)46-23-11-14-26-52(46)57(53)50-24-12-9-21-44(50)45-22-10-13-25-51(45)57/h1-36H. The van der Waals surface area contributed by atoms with Crippen LogP contribution < -0.4 is 0 Å². The molecule has 0 N–H and O–H groups in total. The average molecular weight is 749 g/mol. The van der Waals surface area contributed by atoms with E-state index < -0.39 is 5.41 Å². The molecule has 0 saturated carbocycles. The van der Waals surface area contributed by atoms with Gasteiger partial charge in [-0.05, 0) is 102 Å². The van der Waals surface area contributed by atoms with Crippen molar-refractivity contribution in [1.82, 2.24) is 9.97 Å². The van der Waals surface area contributed by atoms with Crippen molar-refractivity contribution in [3.63, 3.8) is 0 Å². The lowest BCUT2D eigenvalue weighted by atomic mass is 9.70. The van der Waals surface area contributed by atoms with Crippen LogP contribution in [-0.2, 0) is 5.41 Å². The van der Waals surface area contributed by atoms with Crippen LogP contribution in [0.1, 0.15) is 22.3 Å². The van der Waals surface area contributed by atoms with Gasteiger partial charge < -0.3 is 0 Å². The fourth-order valence-corrected chi connectivity index (χ4v) is 9.86. The highest BCUT2D eigenvalue weighted by atomic mass is 14.9. The van der Waals surface area contributed by atoms with Crippen LogP contribution in [0.3, 0.4) is 0 Å². The second-order valence-electron chi connectivity index (χ2n) is 15.7. The van der Waals surface area contributed by atoms with Crippen LogP contribution in [0, 0.1) is 0 Å². The van der Waals surface area contributed by atoms with Crippen molar-refractivity contribution >= 4 is 10.8 Å². The molecule has 0 saturated heterocycles. The Labute approximate surface area is 343 Å². The summed E-state index contributed by atoms with van der Waals surface area (Å²) in [6.45, 7) is 0. The summed E-state index contributed by atoms with van der Waals surface area (Å²) in [5, 5.41) is 2.46. The summed E-state index contributed by atoms with van der Waals surface area (Å²) in [6, 6.07) is 79.4. The predicted molar refractivity (Wildman–Crippen MR) is 243 cm³/mol. The number of benzene rings is 9. The van der Waals surface area contributed by atoms with Crippen molar-refractivity contribution < 1.29 is 0 Å². The van der Waals surface area contributed by atoms with Gasteiger partial charge in [-0.3, -0.25) is 0 Å². The first-order valence-corrected chi connectivity index (χ1v) is 20.3. The molecule has 0 bridgehead atoms. The molecule has 2 aliphatic carbocycles. The van der Waals surface area contributed by atoms with Gasteiger partial charge in [0.25, 0.3) is 0 Å². The van der Waals surface area contributed by atoms with Crippen LogP contribution in [0.4, 0.5) is 0 Å². The first-order valence-electron chi connectivity index (χ1n) is 20.3. The van der Waals surface area contributed by atoms with E-state index in [1.807, 2.05) is 12.1 Å². The molecule has 0 atom stereocenters. The number of nitrogens with zero attached hydrogens (tertiary/aromatic N) is 2. The molecule has 1 heterocycles. The Morgan fingerprint density at radius 2 is 0.712 bits per heavy atom. The van der Waals surface area contributed by atoms with Gasteiger partial charge in [0, 0.05) is 16.7 Å². The molecule has 10 aromatic rings. The van der Waals surface area contributed by atoms with Gasteiger partial charge in [-0.1, -0.05) is 194 Å². The largest absolute Gasteiger partial charge is 0.228 e. The summed E-state index contributed by atoms with van der Waals surface area (Å²) < 4.78 is 0. The Morgan fingerprint density at radius 3 is 1.31 bits per heavy atom. The molecule has 2 aliphatic rings. The lowest BCUT2D eigenvalue weighted by Crippen LogP contribution is -2.25. The molecular formula is C57H36N2. The zero-order valence-electron chi connectivity index (χ0n) is 32.2. The zero-order chi connectivity index (χ0) is 38.9. The highest BCUT2D eigenvalue weighted by molar-refractivity contribution is 6.00. The lowest BCUT2D eigenvalue weighted by molar-refractivity contribution is 0.794. The molecule has 0 fully saturated rings. The quantitative estimate of drug-likeness (QED) is 0.175. The maximum absolute atomic E-state index is 5.15. The maximum atomic E-state index is 5.15. The Kier molecular flexibility index (Phi) is 7.48. The highest BCUT2D eigenvalue weighted by Gasteiger charge is 2.51. The van der Waals surface area contributed by atoms with Crippen molar-refractivity contribution in [1.29, 1.82) is 0 Å². The number of rotatable bonds is 5. The van der Waals surface area contributed by atoms with Gasteiger partial charge in [-0.25, -0.2) is 9.97 Å². The van der Waals surface area contributed by atoms with Crippen LogP contribution in [0.2, 0.25) is 0 Å². The molecule has 2 nitrogen and oxygen atoms in total. The Bertz CT molecular complexity index is 3150. The summed E-state index contributed by atoms with van der Waals surface area (Å²) in [7, 11) is 0. The summed E-state index contributed by atoms with van der Waals surface area (Å²) in [5.74, 6) is 0.703. The van der Waals surface area contributed by atoms with E-state index >= 15 is 0 Å². The van der Waals surface area contributed by atoms with Crippen molar-refractivity contribution in [3.05, 3.63) is 241 Å². The third kappa shape index (κ3) is 5.13. The normalized spacial score (nSPS) is 12.9. The molecule has 0 unspecified atom stereocenters. The first kappa shape index (κ1) is 33.5. The molecule has 0 radical (unpaired) electrons. The van der Waals surface area contributed by atoms with Gasteiger partial charge in [0.1, 0.15) is 0 Å². The van der Waals surface area contributed by atoms with Crippen molar-refractivity contribution in [2.75, 3.05) is 0 Å². The van der Waals surface area contributed by atoms with Gasteiger partial charge in [0.15, 0.2) is 5.82 Å². The molecule has 59 heavy (non-hydrogen) atoms. The topological polar surface area (TPSA) is 25.8 Å². The van der Waals surface area contributed by atoms with E-state index in [1.165, 1.54) is 72.0 Å². The molecule has 0 amide bonds. The number of hydrogen-bond donors (Lipinski definition) is 0. The summed E-state index contributed by atoms with van der Waals surface area (Å²) in [5.41, 5.74) is 19.8. The van der Waals surface area contributed by atoms with E-state index in [2.05, 4.69) is 206 Å². The van der Waals surface area contributed by atoms with E-state index in [0.29, 0.717) is 5.82 Å². The third-order valence-electron chi connectivity index (χ3n) is 12.5. The van der Waals surface area contributed by atoms with Crippen molar-refractivity contribution in [3.8, 4) is 78.4 Å². The van der Waals surface area contributed by atoms with Crippen molar-refractivity contribution in [2.45, 2.75) is 5.41 Å². The minimum Gasteiger partial charge on any atom is -0.228 e. The van der Waals surface area contributed by atoms with Gasteiger partial charge in [-0.2, -0.15) is 0 Å². The number of fused-ring (bicyclic) bond motifs is 11. The minimum atomic E-state index is -0.435. The average Bonchev–Trinajstić information content (AvgIpc) is 3.78. The van der Waals surface area contributed by atoms with Gasteiger partial charge in [-0.15, -0.1) is 0 Å². The predicted octanol–water partition coefficient (Wildman–Crippen LogP) is 14.3. The van der Waals surface area contributed by atoms with E-state index in [4.69, 9.17) is 9.97 Å². The SMILES string of the molecule is c1ccc(-c2cc(-c3ccccc3)nc(-c3ccc(-c4cc5c(cc4-c4ccc6ccccc6c4)-c4ccccc4C54c5ccccc5-c5ccccc54)cc3)n2)cc1. The second kappa shape index (κ2) is 13.2. The maximum Gasteiger partial charge on any atom is 0.160 e. The van der Waals surface area contributed by atoms with Crippen LogP contribution in [0.15, 0.2) is 218 Å². The van der Waals surface area contributed by atoms with E-state index in [0.717, 1.165) is 33.6 Å². The lowest BCUT2D eigenvalue weighted by Gasteiger charge is -2.31. The fraction of sp³-hybridized carbons (Fsp3) is 0.0175. The van der Waals surface area contributed by atoms with Crippen LogP contribution >= 0.6 is 0 Å². The molecule has 1 spiro atoms. The van der Waals surface area contributed by atoms with E-state index in [1.54, 1.807) is 0 Å². The van der Waals surface area contributed by atoms with Crippen molar-refractivity contribution in [2.24, 2.45) is 0 Å². The van der Waals surface area contributed by atoms with Gasteiger partial charge in [0.2, 0.25) is 0 Å². The molecule has 0 aliphatic heterocycles. The molecule has 12 rings (SSSR count). The van der Waals surface area contributed by atoms with Gasteiger partial charge >= 0.3 is 0 Å². The van der Waals surface area contributed by atoms with E-state index in [9.17, 15) is 0 Å². The third-order valence-corrected chi connectivity index (χ3v) is 12.5. The smallest absolute Gasteiger partial charge is 0.160 e. The first-order chi connectivity index (χ1) is 29.2. The Morgan fingerprint density at radius 1 is 0.254 bits per heavy atom. The molecule has 9 aromatic carbocycles. The van der Waals surface area contributed by atoms with Gasteiger partial charge in [0.05, 0.1) is 16.8 Å². The monoisotopic (exact) mass is 748 g/mol. The highest BCUT2D eigenvalue weighted by Crippen LogP contribution is 2.63. The molecular weight excluding hydrogens is 713 g/mol. The second-order valence-corrected chi connectivity index (χ2v) is 15.7. The summed E-state index contributed by atoms with van der Waals surface area (Å²) in [6.07, 6.45) is 0. The molecule has 1 aromatic heterocycles. The molecule has 274 valence electrons. The van der Waals surface area contributed by atoms with Crippen LogP contribution in [0.25, 0.3) is 89.2 Å². The Balaban J connectivity index is 1.08. The van der Waals surface area contributed by atoms with Crippen LogP contribution in [0.5, 0.6) is 0 Å². The summed E-state index contributed by atoms with van der Waals surface area (Å²) in [4.78, 5) is 10.3. The van der Waals surface area contributed by atoms with Crippen LogP contribution in [-0.4, -0.2) is 9.97 Å². The number of hydrogen-bond acceptors (Lipinski definition) is 2. The van der Waals surface area contributed by atoms with E-state index in [-0.39, 0.29) is 0 Å². The zero-order valence-corrected chi connectivity index (χ0v) is 32.2. The Hall–Kier alpha value is -7.68. The summed E-state index contributed by atoms with van der Waals surface area (Å²) >= 11 is 0. The minimum absolute atomic E-state index is 0.435. The number of aromatic nitrogens is 2.